The number of halogens is 1. The number of alkyl halides is 1. The first-order valence-electron chi connectivity index (χ1n) is 2.74. The molecule has 0 bridgehead atoms. The van der Waals surface area contributed by atoms with Gasteiger partial charge >= 0.3 is 0 Å². The molecule has 0 N–H and O–H groups in total. The second-order valence-corrected chi connectivity index (χ2v) is 4.86. The highest BCUT2D eigenvalue weighted by Gasteiger charge is 1.95. The lowest BCUT2D eigenvalue weighted by Crippen LogP contribution is -2.01. The zero-order valence-electron chi connectivity index (χ0n) is 4.95. The summed E-state index contributed by atoms with van der Waals surface area (Å²) < 4.78 is 0.458. The van der Waals surface area contributed by atoms with E-state index in [0.717, 1.165) is 0 Å². The molecule has 0 aromatic carbocycles. The largest absolute Gasteiger partial charge is 0.229 e. The molecule has 0 aliphatic carbocycles. The summed E-state index contributed by atoms with van der Waals surface area (Å²) in [4.78, 5) is 0. The minimum Gasteiger partial charge on any atom is -0.141 e. The van der Waals surface area contributed by atoms with Crippen molar-refractivity contribution in [2.24, 2.45) is 0 Å². The highest BCUT2D eigenvalue weighted by Crippen LogP contribution is 1.95. The van der Waals surface area contributed by atoms with Crippen LogP contribution in [0.1, 0.15) is 20.3 Å². The molecule has 0 spiro atoms. The molecule has 0 aromatic heterocycles. The van der Waals surface area contributed by atoms with Crippen LogP contribution in [0, 0.1) is 0 Å². The Balaban J connectivity index is 2.68. The number of hydrogen-bond donors (Lipinski definition) is 0. The van der Waals surface area contributed by atoms with Crippen molar-refractivity contribution in [3.8, 4) is 0 Å². The maximum Gasteiger partial charge on any atom is 0.229 e. The minimum atomic E-state index is 0.458. The Labute approximate surface area is 57.0 Å². The van der Waals surface area contributed by atoms with E-state index in [1.54, 1.807) is 0 Å². The molecule has 1 atom stereocenters. The molecule has 7 heavy (non-hydrogen) atoms. The molecular formula is C5H11AlCl. The summed E-state index contributed by atoms with van der Waals surface area (Å²) in [6.45, 7) is 4.28. The van der Waals surface area contributed by atoms with Crippen LogP contribution < -0.4 is 0 Å². The molecule has 0 aromatic rings. The Morgan fingerprint density at radius 3 is 2.43 bits per heavy atom. The van der Waals surface area contributed by atoms with Gasteiger partial charge in [0.1, 0.15) is 0 Å². The van der Waals surface area contributed by atoms with E-state index in [1.165, 1.54) is 11.7 Å². The van der Waals surface area contributed by atoms with Crippen LogP contribution in [0.3, 0.4) is 0 Å². The average Bonchev–Trinajstić information content (AvgIpc) is 1.61. The summed E-state index contributed by atoms with van der Waals surface area (Å²) >= 11 is 6.23. The van der Waals surface area contributed by atoms with Crippen molar-refractivity contribution in [1.82, 2.24) is 0 Å². The molecule has 1 unspecified atom stereocenters. The zero-order chi connectivity index (χ0) is 5.70. The molecule has 0 fully saturated rings. The second-order valence-electron chi connectivity index (χ2n) is 1.70. The molecule has 0 saturated heterocycles. The smallest absolute Gasteiger partial charge is 0.141 e. The minimum absolute atomic E-state index is 0.458. The lowest BCUT2D eigenvalue weighted by atomic mass is 10.6. The van der Waals surface area contributed by atoms with Crippen LogP contribution >= 0.6 is 11.6 Å². The topological polar surface area (TPSA) is 0 Å². The van der Waals surface area contributed by atoms with Crippen molar-refractivity contribution < 1.29 is 0 Å². The van der Waals surface area contributed by atoms with Gasteiger partial charge < -0.3 is 0 Å². The summed E-state index contributed by atoms with van der Waals surface area (Å²) in [5.41, 5.74) is 0. The molecule has 0 nitrogen and oxygen atoms in total. The summed E-state index contributed by atoms with van der Waals surface area (Å²) in [5, 5.41) is 1.35. The van der Waals surface area contributed by atoms with Crippen LogP contribution in [0.2, 0.25) is 5.28 Å². The van der Waals surface area contributed by atoms with Gasteiger partial charge in [-0.25, -0.2) is 0 Å². The van der Waals surface area contributed by atoms with Gasteiger partial charge in [0.05, 0.1) is 0 Å². The fraction of sp³-hybridized carbons (Fsp3) is 1.00. The lowest BCUT2D eigenvalue weighted by Gasteiger charge is -1.93. The first-order valence-corrected chi connectivity index (χ1v) is 4.66. The number of hydrogen-bond acceptors (Lipinski definition) is 0. The first kappa shape index (κ1) is 7.82. The summed E-state index contributed by atoms with van der Waals surface area (Å²) in [7, 11) is 0. The molecule has 0 amide bonds. The van der Waals surface area contributed by atoms with E-state index >= 15 is 0 Å². The quantitative estimate of drug-likeness (QED) is 0.409. The van der Waals surface area contributed by atoms with Crippen molar-refractivity contribution in [1.29, 1.82) is 0 Å². The predicted octanol–water partition coefficient (Wildman–Crippen LogP) is 2.10. The van der Waals surface area contributed by atoms with Crippen LogP contribution in [0.25, 0.3) is 0 Å². The molecule has 0 saturated carbocycles. The van der Waals surface area contributed by atoms with E-state index in [1.807, 2.05) is 0 Å². The Bertz CT molecular complexity index is 37.1. The first-order chi connectivity index (χ1) is 3.27. The van der Waals surface area contributed by atoms with Crippen molar-refractivity contribution in [2.45, 2.75) is 29.8 Å². The highest BCUT2D eigenvalue weighted by atomic mass is 35.5. The second kappa shape index (κ2) is 4.97. The van der Waals surface area contributed by atoms with Crippen molar-refractivity contribution in [3.05, 3.63) is 0 Å². The SMILES string of the molecule is CC[CH2][Al][CH](C)Cl. The molecule has 0 aliphatic rings. The van der Waals surface area contributed by atoms with Crippen molar-refractivity contribution in [2.75, 3.05) is 0 Å². The van der Waals surface area contributed by atoms with E-state index in [4.69, 9.17) is 11.6 Å². The Morgan fingerprint density at radius 2 is 2.29 bits per heavy atom. The maximum absolute atomic E-state index is 5.69. The van der Waals surface area contributed by atoms with Crippen LogP contribution in [-0.2, 0) is 0 Å². The van der Waals surface area contributed by atoms with Gasteiger partial charge in [-0.3, -0.25) is 0 Å². The monoisotopic (exact) mass is 133 g/mol. The zero-order valence-corrected chi connectivity index (χ0v) is 6.86. The standard InChI is InChI=1S/C3H7.C2H4Cl.Al/c1-3-2;1-2-3;/h1,3H2,2H3;2H,1H3;. The normalized spacial score (nSPS) is 13.6. The predicted molar refractivity (Wildman–Crippen MR) is 36.2 cm³/mol. The van der Waals surface area contributed by atoms with Gasteiger partial charge in [0.25, 0.3) is 0 Å². The molecule has 1 radical (unpaired) electrons. The van der Waals surface area contributed by atoms with Crippen molar-refractivity contribution in [3.63, 3.8) is 0 Å². The Kier molecular flexibility index (Phi) is 5.55. The fourth-order valence-electron chi connectivity index (χ4n) is 0.396. The van der Waals surface area contributed by atoms with Gasteiger partial charge in [0, 0.05) is 0 Å². The molecule has 0 aliphatic heterocycles. The van der Waals surface area contributed by atoms with E-state index in [2.05, 4.69) is 13.8 Å². The van der Waals surface area contributed by atoms with Crippen LogP contribution in [0.15, 0.2) is 0 Å². The Morgan fingerprint density at radius 1 is 1.71 bits per heavy atom. The highest BCUT2D eigenvalue weighted by molar-refractivity contribution is 6.52. The van der Waals surface area contributed by atoms with E-state index in [9.17, 15) is 0 Å². The third-order valence-electron chi connectivity index (χ3n) is 0.780. The van der Waals surface area contributed by atoms with Crippen molar-refractivity contribution >= 4 is 26.8 Å². The average molecular weight is 134 g/mol. The molecular weight excluding hydrogens is 122 g/mol. The summed E-state index contributed by atoms with van der Waals surface area (Å²) in [6.07, 6.45) is 1.30. The lowest BCUT2D eigenvalue weighted by molar-refractivity contribution is 1.06. The van der Waals surface area contributed by atoms with Crippen LogP contribution in [-0.4, -0.2) is 19.5 Å². The molecule has 2 heteroatoms. The van der Waals surface area contributed by atoms with Crippen LogP contribution in [0.4, 0.5) is 0 Å². The fourth-order valence-corrected chi connectivity index (χ4v) is 1.57. The Hall–Kier alpha value is 0.822. The van der Waals surface area contributed by atoms with Crippen LogP contribution in [0.5, 0.6) is 0 Å². The molecule has 0 rings (SSSR count). The van der Waals surface area contributed by atoms with E-state index in [0.29, 0.717) is 19.5 Å². The van der Waals surface area contributed by atoms with Gasteiger partial charge in [-0.2, -0.15) is 0 Å². The number of rotatable bonds is 3. The van der Waals surface area contributed by atoms with E-state index in [-0.39, 0.29) is 0 Å². The molecule has 41 valence electrons. The summed E-state index contributed by atoms with van der Waals surface area (Å²) in [6, 6.07) is 0. The van der Waals surface area contributed by atoms with Gasteiger partial charge in [-0.05, 0) is 4.24 Å². The third-order valence-corrected chi connectivity index (χ3v) is 2.87. The van der Waals surface area contributed by atoms with Gasteiger partial charge in [0.2, 0.25) is 15.2 Å². The van der Waals surface area contributed by atoms with E-state index < -0.39 is 0 Å². The summed E-state index contributed by atoms with van der Waals surface area (Å²) in [5.74, 6) is 0. The van der Waals surface area contributed by atoms with Gasteiger partial charge in [0.15, 0.2) is 0 Å². The van der Waals surface area contributed by atoms with Gasteiger partial charge in [-0.1, -0.05) is 20.3 Å². The van der Waals surface area contributed by atoms with Gasteiger partial charge in [-0.15, -0.1) is 16.9 Å². The maximum atomic E-state index is 5.69. The molecule has 0 heterocycles. The third kappa shape index (κ3) is 6.82.